The van der Waals surface area contributed by atoms with Crippen LogP contribution in [0.5, 0.6) is 0 Å². The summed E-state index contributed by atoms with van der Waals surface area (Å²) in [5.41, 5.74) is 6.28. The first-order valence-corrected chi connectivity index (χ1v) is 6.29. The highest BCUT2D eigenvalue weighted by Crippen LogP contribution is 2.19. The average molecular weight is 279 g/mol. The Kier molecular flexibility index (Phi) is 4.52. The summed E-state index contributed by atoms with van der Waals surface area (Å²) < 4.78 is 10.2. The number of aromatic nitrogens is 1. The largest absolute Gasteiger partial charge is 0.469 e. The molecule has 20 heavy (non-hydrogen) atoms. The fourth-order valence-corrected chi connectivity index (χ4v) is 2.10. The van der Waals surface area contributed by atoms with Crippen molar-refractivity contribution in [3.05, 3.63) is 24.0 Å². The van der Waals surface area contributed by atoms with Gasteiger partial charge < -0.3 is 20.1 Å². The minimum atomic E-state index is -0.564. The minimum Gasteiger partial charge on any atom is -0.469 e. The second-order valence-electron chi connectivity index (χ2n) is 4.48. The third-order valence-corrected chi connectivity index (χ3v) is 3.12. The molecule has 0 bridgehead atoms. The number of rotatable bonds is 4. The molecule has 0 aliphatic carbocycles. The van der Waals surface area contributed by atoms with Gasteiger partial charge in [-0.05, 0) is 12.1 Å². The van der Waals surface area contributed by atoms with Crippen molar-refractivity contribution in [3.63, 3.8) is 0 Å². The zero-order chi connectivity index (χ0) is 14.5. The summed E-state index contributed by atoms with van der Waals surface area (Å²) in [7, 11) is 1.35. The van der Waals surface area contributed by atoms with Crippen LogP contribution in [0, 0.1) is 0 Å². The summed E-state index contributed by atoms with van der Waals surface area (Å²) in [5.74, 6) is -0.865. The number of morpholine rings is 1. The molecule has 1 aromatic rings. The molecule has 2 rings (SSSR count). The van der Waals surface area contributed by atoms with Crippen LogP contribution in [0.3, 0.4) is 0 Å². The predicted octanol–water partition coefficient (Wildman–Crippen LogP) is -0.0512. The van der Waals surface area contributed by atoms with E-state index in [-0.39, 0.29) is 24.2 Å². The molecule has 1 atom stereocenters. The van der Waals surface area contributed by atoms with Crippen molar-refractivity contribution in [1.29, 1.82) is 0 Å². The number of pyridine rings is 1. The first kappa shape index (κ1) is 14.3. The topological polar surface area (TPSA) is 94.8 Å². The smallest absolute Gasteiger partial charge is 0.308 e. The van der Waals surface area contributed by atoms with Crippen molar-refractivity contribution >= 4 is 17.6 Å². The van der Waals surface area contributed by atoms with E-state index in [9.17, 15) is 9.59 Å². The molecule has 1 amide bonds. The summed E-state index contributed by atoms with van der Waals surface area (Å²) in [6, 6.07) is 3.44. The number of ether oxygens (including phenoxy) is 2. The van der Waals surface area contributed by atoms with Gasteiger partial charge in [-0.25, -0.2) is 0 Å². The SMILES string of the molecule is COC(=O)CC1CN(c2ccnc(C(N)=O)c2)CCO1. The Morgan fingerprint density at radius 3 is 3.10 bits per heavy atom. The van der Waals surface area contributed by atoms with E-state index in [1.54, 1.807) is 18.3 Å². The molecule has 1 aliphatic heterocycles. The van der Waals surface area contributed by atoms with Gasteiger partial charge in [0.2, 0.25) is 0 Å². The Morgan fingerprint density at radius 2 is 2.40 bits per heavy atom. The van der Waals surface area contributed by atoms with Crippen molar-refractivity contribution in [1.82, 2.24) is 4.98 Å². The van der Waals surface area contributed by atoms with E-state index in [4.69, 9.17) is 10.5 Å². The minimum absolute atomic E-state index is 0.209. The van der Waals surface area contributed by atoms with Gasteiger partial charge in [0.1, 0.15) is 5.69 Å². The van der Waals surface area contributed by atoms with Gasteiger partial charge in [-0.2, -0.15) is 0 Å². The highest BCUT2D eigenvalue weighted by molar-refractivity contribution is 5.91. The van der Waals surface area contributed by atoms with Gasteiger partial charge in [0.05, 0.1) is 26.2 Å². The van der Waals surface area contributed by atoms with E-state index in [0.29, 0.717) is 19.7 Å². The summed E-state index contributed by atoms with van der Waals surface area (Å²) in [4.78, 5) is 28.4. The van der Waals surface area contributed by atoms with Crippen LogP contribution in [-0.4, -0.2) is 49.8 Å². The van der Waals surface area contributed by atoms with E-state index >= 15 is 0 Å². The van der Waals surface area contributed by atoms with Crippen LogP contribution in [0.1, 0.15) is 16.9 Å². The number of esters is 1. The molecule has 108 valence electrons. The van der Waals surface area contributed by atoms with Crippen LogP contribution < -0.4 is 10.6 Å². The summed E-state index contributed by atoms with van der Waals surface area (Å²) in [5, 5.41) is 0. The molecule has 1 fully saturated rings. The summed E-state index contributed by atoms with van der Waals surface area (Å²) in [6.45, 7) is 1.74. The van der Waals surface area contributed by atoms with Crippen LogP contribution in [0.4, 0.5) is 5.69 Å². The van der Waals surface area contributed by atoms with Gasteiger partial charge in [0.25, 0.3) is 5.91 Å². The third-order valence-electron chi connectivity index (χ3n) is 3.12. The van der Waals surface area contributed by atoms with Crippen LogP contribution in [0.15, 0.2) is 18.3 Å². The molecule has 0 radical (unpaired) electrons. The van der Waals surface area contributed by atoms with Crippen molar-refractivity contribution in [3.8, 4) is 0 Å². The molecular formula is C13H17N3O4. The molecule has 0 aromatic carbocycles. The van der Waals surface area contributed by atoms with Crippen molar-refractivity contribution < 1.29 is 19.1 Å². The van der Waals surface area contributed by atoms with Crippen LogP contribution in [0.2, 0.25) is 0 Å². The van der Waals surface area contributed by atoms with Crippen molar-refractivity contribution in [2.75, 3.05) is 31.7 Å². The summed E-state index contributed by atoms with van der Waals surface area (Å²) >= 11 is 0. The Bertz CT molecular complexity index is 506. The lowest BCUT2D eigenvalue weighted by atomic mass is 10.2. The average Bonchev–Trinajstić information content (AvgIpc) is 2.47. The molecule has 2 heterocycles. The molecule has 2 N–H and O–H groups in total. The highest BCUT2D eigenvalue weighted by Gasteiger charge is 2.23. The molecule has 0 spiro atoms. The quantitative estimate of drug-likeness (QED) is 0.776. The maximum atomic E-state index is 11.3. The molecule has 1 saturated heterocycles. The number of nitrogens with zero attached hydrogens (tertiary/aromatic N) is 2. The molecule has 1 aliphatic rings. The number of methoxy groups -OCH3 is 1. The lowest BCUT2D eigenvalue weighted by Gasteiger charge is -2.34. The summed E-state index contributed by atoms with van der Waals surface area (Å²) in [6.07, 6.45) is 1.53. The van der Waals surface area contributed by atoms with Crippen molar-refractivity contribution in [2.45, 2.75) is 12.5 Å². The van der Waals surface area contributed by atoms with Gasteiger partial charge >= 0.3 is 5.97 Å². The lowest BCUT2D eigenvalue weighted by Crippen LogP contribution is -2.43. The van der Waals surface area contributed by atoms with Crippen molar-refractivity contribution in [2.24, 2.45) is 5.73 Å². The fraction of sp³-hybridized carbons (Fsp3) is 0.462. The number of hydrogen-bond acceptors (Lipinski definition) is 6. The Hall–Kier alpha value is -2.15. The maximum absolute atomic E-state index is 11.3. The first-order chi connectivity index (χ1) is 9.60. The standard InChI is InChI=1S/C13H17N3O4/c1-19-12(17)7-10-8-16(4-5-20-10)9-2-3-15-11(6-9)13(14)18/h2-3,6,10H,4-5,7-8H2,1H3,(H2,14,18). The molecule has 7 heteroatoms. The van der Waals surface area contributed by atoms with E-state index in [0.717, 1.165) is 5.69 Å². The Morgan fingerprint density at radius 1 is 1.60 bits per heavy atom. The molecular weight excluding hydrogens is 262 g/mol. The number of amides is 1. The van der Waals surface area contributed by atoms with E-state index < -0.39 is 5.91 Å². The molecule has 7 nitrogen and oxygen atoms in total. The van der Waals surface area contributed by atoms with Crippen LogP contribution in [0.25, 0.3) is 0 Å². The normalized spacial score (nSPS) is 18.6. The third kappa shape index (κ3) is 3.45. The van der Waals surface area contributed by atoms with Gasteiger partial charge in [-0.1, -0.05) is 0 Å². The Balaban J connectivity index is 2.06. The molecule has 0 saturated carbocycles. The van der Waals surface area contributed by atoms with Crippen LogP contribution in [-0.2, 0) is 14.3 Å². The number of anilines is 1. The van der Waals surface area contributed by atoms with Gasteiger partial charge in [0.15, 0.2) is 0 Å². The maximum Gasteiger partial charge on any atom is 0.308 e. The van der Waals surface area contributed by atoms with Crippen LogP contribution >= 0.6 is 0 Å². The number of carbonyl (C=O) groups is 2. The number of nitrogens with two attached hydrogens (primary N) is 1. The van der Waals surface area contributed by atoms with E-state index in [2.05, 4.69) is 9.72 Å². The highest BCUT2D eigenvalue weighted by atomic mass is 16.5. The lowest BCUT2D eigenvalue weighted by molar-refractivity contribution is -0.144. The number of carbonyl (C=O) groups excluding carboxylic acids is 2. The second kappa shape index (κ2) is 6.33. The number of hydrogen-bond donors (Lipinski definition) is 1. The Labute approximate surface area is 116 Å². The van der Waals surface area contributed by atoms with Gasteiger partial charge in [0, 0.05) is 25.0 Å². The molecule has 1 unspecified atom stereocenters. The van der Waals surface area contributed by atoms with E-state index in [1.165, 1.54) is 7.11 Å². The molecule has 1 aromatic heterocycles. The monoisotopic (exact) mass is 279 g/mol. The zero-order valence-electron chi connectivity index (χ0n) is 11.2. The number of primary amides is 1. The fourth-order valence-electron chi connectivity index (χ4n) is 2.10. The zero-order valence-corrected chi connectivity index (χ0v) is 11.2. The first-order valence-electron chi connectivity index (χ1n) is 6.29. The second-order valence-corrected chi connectivity index (χ2v) is 4.48. The predicted molar refractivity (Wildman–Crippen MR) is 71.3 cm³/mol. The van der Waals surface area contributed by atoms with Gasteiger partial charge in [-0.3, -0.25) is 14.6 Å². The van der Waals surface area contributed by atoms with Gasteiger partial charge in [-0.15, -0.1) is 0 Å². The van der Waals surface area contributed by atoms with E-state index in [1.807, 2.05) is 4.90 Å².